The molecule has 3 rings (SSSR count). The zero-order valence-electron chi connectivity index (χ0n) is 12.4. The summed E-state index contributed by atoms with van der Waals surface area (Å²) in [6.07, 6.45) is 3.26. The molecule has 7 heteroatoms. The molecule has 3 aliphatic rings. The van der Waals surface area contributed by atoms with Crippen LogP contribution in [0.1, 0.15) is 32.6 Å². The monoisotopic (exact) mass is 294 g/mol. The number of piperazine rings is 1. The fourth-order valence-electron chi connectivity index (χ4n) is 3.57. The van der Waals surface area contributed by atoms with E-state index < -0.39 is 17.6 Å². The average molecular weight is 294 g/mol. The summed E-state index contributed by atoms with van der Waals surface area (Å²) in [5.74, 6) is -0.365. The Morgan fingerprint density at radius 2 is 1.81 bits per heavy atom. The third kappa shape index (κ3) is 2.29. The zero-order chi connectivity index (χ0) is 15.0. The van der Waals surface area contributed by atoms with Crippen molar-refractivity contribution in [3.05, 3.63) is 0 Å². The van der Waals surface area contributed by atoms with Crippen LogP contribution in [0.15, 0.2) is 0 Å². The molecule has 1 unspecified atom stereocenters. The van der Waals surface area contributed by atoms with E-state index in [1.807, 2.05) is 0 Å². The number of nitrogens with one attached hydrogen (secondary N) is 2. The van der Waals surface area contributed by atoms with Gasteiger partial charge in [0.05, 0.1) is 0 Å². The Hall–Kier alpha value is -1.63. The van der Waals surface area contributed by atoms with Crippen molar-refractivity contribution < 1.29 is 14.4 Å². The minimum absolute atomic E-state index is 0.143. The van der Waals surface area contributed by atoms with Crippen molar-refractivity contribution in [2.75, 3.05) is 26.2 Å². The van der Waals surface area contributed by atoms with Gasteiger partial charge in [-0.1, -0.05) is 12.8 Å². The molecular formula is C14H22N4O3. The van der Waals surface area contributed by atoms with E-state index in [-0.39, 0.29) is 11.8 Å². The van der Waals surface area contributed by atoms with Crippen molar-refractivity contribution in [1.82, 2.24) is 20.4 Å². The molecule has 1 spiro atoms. The second-order valence-electron chi connectivity index (χ2n) is 6.15. The number of nitrogens with zero attached hydrogens (tertiary/aromatic N) is 2. The number of hydrogen-bond acceptors (Lipinski definition) is 4. The number of amides is 4. The summed E-state index contributed by atoms with van der Waals surface area (Å²) in [5, 5.41) is 6.00. The third-order valence-corrected chi connectivity index (χ3v) is 4.82. The molecule has 2 heterocycles. The van der Waals surface area contributed by atoms with Crippen LogP contribution in [0.5, 0.6) is 0 Å². The summed E-state index contributed by atoms with van der Waals surface area (Å²) in [6, 6.07) is -1.14. The van der Waals surface area contributed by atoms with Crippen LogP contribution in [0.2, 0.25) is 0 Å². The van der Waals surface area contributed by atoms with Crippen LogP contribution in [0.4, 0.5) is 4.79 Å². The summed E-state index contributed by atoms with van der Waals surface area (Å²) in [6.45, 7) is 4.40. The molecular weight excluding hydrogens is 272 g/mol. The van der Waals surface area contributed by atoms with Crippen LogP contribution >= 0.6 is 0 Å². The largest absolute Gasteiger partial charge is 0.338 e. The number of imide groups is 1. The molecule has 2 saturated heterocycles. The van der Waals surface area contributed by atoms with Crippen LogP contribution in [0.3, 0.4) is 0 Å². The molecule has 116 valence electrons. The lowest BCUT2D eigenvalue weighted by atomic mass is 9.97. The quantitative estimate of drug-likeness (QED) is 0.683. The van der Waals surface area contributed by atoms with Crippen molar-refractivity contribution in [3.8, 4) is 0 Å². The highest BCUT2D eigenvalue weighted by molar-refractivity contribution is 6.09. The van der Waals surface area contributed by atoms with E-state index in [0.29, 0.717) is 25.9 Å². The molecule has 0 aromatic carbocycles. The Morgan fingerprint density at radius 1 is 1.19 bits per heavy atom. The van der Waals surface area contributed by atoms with Crippen molar-refractivity contribution in [2.24, 2.45) is 0 Å². The number of carbonyl (C=O) groups is 3. The predicted octanol–water partition coefficient (Wildman–Crippen LogP) is -0.329. The first kappa shape index (κ1) is 14.3. The van der Waals surface area contributed by atoms with Gasteiger partial charge in [-0.3, -0.25) is 9.59 Å². The van der Waals surface area contributed by atoms with Gasteiger partial charge in [0, 0.05) is 26.2 Å². The fourth-order valence-corrected chi connectivity index (χ4v) is 3.57. The van der Waals surface area contributed by atoms with E-state index in [9.17, 15) is 14.4 Å². The highest BCUT2D eigenvalue weighted by Gasteiger charge is 2.54. The second kappa shape index (κ2) is 5.29. The van der Waals surface area contributed by atoms with E-state index in [1.165, 1.54) is 0 Å². The number of carbonyl (C=O) groups excluding carboxylic acids is 3. The summed E-state index contributed by atoms with van der Waals surface area (Å²) in [7, 11) is 0. The maximum Gasteiger partial charge on any atom is 0.325 e. The van der Waals surface area contributed by atoms with Crippen molar-refractivity contribution in [2.45, 2.75) is 44.2 Å². The first-order chi connectivity index (χ1) is 10.1. The lowest BCUT2D eigenvalue weighted by molar-refractivity contribution is -0.143. The Kier molecular flexibility index (Phi) is 3.61. The molecule has 1 aliphatic carbocycles. The standard InChI is InChI=1S/C14H22N4O3/c1-10(11(19)17-8-6-15-7-9-17)18-12(20)14(16-13(18)21)4-2-3-5-14/h10,15H,2-9H2,1H3,(H,16,21). The predicted molar refractivity (Wildman–Crippen MR) is 75.5 cm³/mol. The SMILES string of the molecule is CC(C(=O)N1CCNCC1)N1C(=O)NC2(CCCC2)C1=O. The van der Waals surface area contributed by atoms with E-state index in [2.05, 4.69) is 10.6 Å². The maximum atomic E-state index is 12.6. The van der Waals surface area contributed by atoms with E-state index in [0.717, 1.165) is 30.8 Å². The molecule has 0 aromatic rings. The summed E-state index contributed by atoms with van der Waals surface area (Å²) < 4.78 is 0. The first-order valence-electron chi connectivity index (χ1n) is 7.70. The number of urea groups is 1. The van der Waals surface area contributed by atoms with Gasteiger partial charge < -0.3 is 15.5 Å². The molecule has 3 fully saturated rings. The van der Waals surface area contributed by atoms with Crippen molar-refractivity contribution in [3.63, 3.8) is 0 Å². The minimum Gasteiger partial charge on any atom is -0.338 e. The van der Waals surface area contributed by atoms with Gasteiger partial charge in [-0.2, -0.15) is 0 Å². The Labute approximate surface area is 124 Å². The normalized spacial score (nSPS) is 26.3. The Bertz CT molecular complexity index is 467. The minimum atomic E-state index is -0.741. The molecule has 0 aromatic heterocycles. The van der Waals surface area contributed by atoms with Crippen LogP contribution in [0, 0.1) is 0 Å². The van der Waals surface area contributed by atoms with Crippen LogP contribution in [-0.4, -0.2) is 65.4 Å². The van der Waals surface area contributed by atoms with Crippen molar-refractivity contribution in [1.29, 1.82) is 0 Å². The lowest BCUT2D eigenvalue weighted by Crippen LogP contribution is -2.55. The first-order valence-corrected chi connectivity index (χ1v) is 7.70. The maximum absolute atomic E-state index is 12.6. The highest BCUT2D eigenvalue weighted by Crippen LogP contribution is 2.35. The van der Waals surface area contributed by atoms with Gasteiger partial charge >= 0.3 is 6.03 Å². The van der Waals surface area contributed by atoms with Crippen LogP contribution in [0.25, 0.3) is 0 Å². The van der Waals surface area contributed by atoms with Gasteiger partial charge in [0.1, 0.15) is 11.6 Å². The molecule has 0 bridgehead atoms. The topological polar surface area (TPSA) is 81.8 Å². The number of hydrogen-bond donors (Lipinski definition) is 2. The van der Waals surface area contributed by atoms with E-state index in [1.54, 1.807) is 11.8 Å². The fraction of sp³-hybridized carbons (Fsp3) is 0.786. The van der Waals surface area contributed by atoms with Gasteiger partial charge in [-0.05, 0) is 19.8 Å². The van der Waals surface area contributed by atoms with E-state index in [4.69, 9.17) is 0 Å². The molecule has 1 saturated carbocycles. The van der Waals surface area contributed by atoms with Gasteiger partial charge in [0.15, 0.2) is 0 Å². The van der Waals surface area contributed by atoms with Gasteiger partial charge in [0.2, 0.25) is 5.91 Å². The van der Waals surface area contributed by atoms with Crippen molar-refractivity contribution >= 4 is 17.8 Å². The van der Waals surface area contributed by atoms with Gasteiger partial charge in [-0.15, -0.1) is 0 Å². The molecule has 4 amide bonds. The molecule has 2 N–H and O–H groups in total. The Morgan fingerprint density at radius 3 is 2.43 bits per heavy atom. The summed E-state index contributed by atoms with van der Waals surface area (Å²) >= 11 is 0. The van der Waals surface area contributed by atoms with Gasteiger partial charge in [0.25, 0.3) is 5.91 Å². The van der Waals surface area contributed by atoms with Crippen LogP contribution in [-0.2, 0) is 9.59 Å². The zero-order valence-corrected chi connectivity index (χ0v) is 12.4. The number of rotatable bonds is 2. The van der Waals surface area contributed by atoms with Gasteiger partial charge in [-0.25, -0.2) is 9.69 Å². The highest BCUT2D eigenvalue weighted by atomic mass is 16.2. The molecule has 7 nitrogen and oxygen atoms in total. The molecule has 0 radical (unpaired) electrons. The lowest BCUT2D eigenvalue weighted by Gasteiger charge is -2.32. The third-order valence-electron chi connectivity index (χ3n) is 4.82. The second-order valence-corrected chi connectivity index (χ2v) is 6.15. The van der Waals surface area contributed by atoms with Crippen LogP contribution < -0.4 is 10.6 Å². The smallest absolute Gasteiger partial charge is 0.325 e. The molecule has 2 aliphatic heterocycles. The average Bonchev–Trinajstić information content (AvgIpc) is 3.05. The molecule has 21 heavy (non-hydrogen) atoms. The Balaban J connectivity index is 1.74. The van der Waals surface area contributed by atoms with E-state index >= 15 is 0 Å². The summed E-state index contributed by atoms with van der Waals surface area (Å²) in [4.78, 5) is 40.2. The summed E-state index contributed by atoms with van der Waals surface area (Å²) in [5.41, 5.74) is -0.741. The molecule has 1 atom stereocenters.